The Morgan fingerprint density at radius 2 is 1.68 bits per heavy atom. The highest BCUT2D eigenvalue weighted by Crippen LogP contribution is 2.37. The average Bonchev–Trinajstić information content (AvgIpc) is 3.54. The molecule has 2 heterocycles. The van der Waals surface area contributed by atoms with Gasteiger partial charge in [-0.05, 0) is 61.1 Å². The molecule has 0 spiro atoms. The van der Waals surface area contributed by atoms with Crippen LogP contribution in [0.2, 0.25) is 0 Å². The van der Waals surface area contributed by atoms with E-state index < -0.39 is 40.3 Å². The Bertz CT molecular complexity index is 1170. The van der Waals surface area contributed by atoms with Gasteiger partial charge in [-0.15, -0.1) is 0 Å². The molecular weight excluding hydrogens is 510 g/mol. The van der Waals surface area contributed by atoms with Gasteiger partial charge in [0.2, 0.25) is 10.0 Å². The second kappa shape index (κ2) is 10.6. The largest absolute Gasteiger partial charge is 0.416 e. The van der Waals surface area contributed by atoms with Crippen molar-refractivity contribution in [2.45, 2.75) is 73.9 Å². The van der Waals surface area contributed by atoms with Gasteiger partial charge in [-0.2, -0.15) is 13.2 Å². The molecule has 2 aromatic rings. The van der Waals surface area contributed by atoms with Crippen LogP contribution in [0.4, 0.5) is 17.6 Å². The van der Waals surface area contributed by atoms with E-state index in [9.17, 15) is 21.6 Å². The first-order chi connectivity index (χ1) is 17.6. The minimum atomic E-state index is -4.39. The minimum Gasteiger partial charge on any atom is -0.295 e. The summed E-state index contributed by atoms with van der Waals surface area (Å²) in [6.45, 7) is 1.34. The molecule has 0 bridgehead atoms. The molecule has 2 aromatic carbocycles. The van der Waals surface area contributed by atoms with E-state index in [0.29, 0.717) is 19.8 Å². The fourth-order valence-electron chi connectivity index (χ4n) is 5.04. The van der Waals surface area contributed by atoms with Gasteiger partial charge in [0.15, 0.2) is 6.17 Å². The lowest BCUT2D eigenvalue weighted by Gasteiger charge is -2.42. The zero-order valence-electron chi connectivity index (χ0n) is 20.1. The molecule has 0 amide bonds. The highest BCUT2D eigenvalue weighted by molar-refractivity contribution is 7.89. The lowest BCUT2D eigenvalue weighted by atomic mass is 10.0. The Balaban J connectivity index is 1.20. The van der Waals surface area contributed by atoms with Crippen molar-refractivity contribution >= 4 is 10.0 Å². The van der Waals surface area contributed by atoms with E-state index in [1.54, 1.807) is 24.3 Å². The fourth-order valence-corrected chi connectivity index (χ4v) is 6.35. The van der Waals surface area contributed by atoms with Crippen molar-refractivity contribution in [3.8, 4) is 0 Å². The fraction of sp³-hybridized carbons (Fsp3) is 0.520. The Morgan fingerprint density at radius 3 is 2.32 bits per heavy atom. The summed E-state index contributed by atoms with van der Waals surface area (Å²) in [6, 6.07) is 11.5. The first kappa shape index (κ1) is 26.5. The van der Waals surface area contributed by atoms with Crippen LogP contribution in [-0.2, 0) is 22.7 Å². The Kier molecular flexibility index (Phi) is 7.58. The first-order valence-electron chi connectivity index (χ1n) is 12.5. The third-order valence-electron chi connectivity index (χ3n) is 7.19. The van der Waals surface area contributed by atoms with E-state index in [4.69, 9.17) is 0 Å². The van der Waals surface area contributed by atoms with Crippen molar-refractivity contribution in [2.75, 3.05) is 13.2 Å². The predicted molar refractivity (Wildman–Crippen MR) is 130 cm³/mol. The van der Waals surface area contributed by atoms with Crippen LogP contribution >= 0.6 is 0 Å². The lowest BCUT2D eigenvalue weighted by Crippen LogP contribution is -2.68. The SMILES string of the molecule is O=S(=O)(NC1CC1)c1ccc(CNC2NCNC(N3CCC[C@@H]3c3ccc(C(F)(F)F)cc3)C2F)cc1. The van der Waals surface area contributed by atoms with Crippen LogP contribution in [0.5, 0.6) is 0 Å². The van der Waals surface area contributed by atoms with E-state index in [-0.39, 0.29) is 17.0 Å². The number of sulfonamides is 1. The van der Waals surface area contributed by atoms with Gasteiger partial charge in [-0.1, -0.05) is 24.3 Å². The van der Waals surface area contributed by atoms with Gasteiger partial charge in [-0.3, -0.25) is 20.9 Å². The first-order valence-corrected chi connectivity index (χ1v) is 14.0. The number of rotatable bonds is 8. The molecule has 0 aromatic heterocycles. The van der Waals surface area contributed by atoms with E-state index in [0.717, 1.165) is 48.9 Å². The predicted octanol–water partition coefficient (Wildman–Crippen LogP) is 3.21. The van der Waals surface area contributed by atoms with Crippen LogP contribution in [0.3, 0.4) is 0 Å². The molecule has 37 heavy (non-hydrogen) atoms. The maximum atomic E-state index is 15.7. The maximum absolute atomic E-state index is 15.7. The summed E-state index contributed by atoms with van der Waals surface area (Å²) in [5, 5.41) is 9.42. The topological polar surface area (TPSA) is 85.5 Å². The molecule has 12 heteroatoms. The monoisotopic (exact) mass is 541 g/mol. The number of nitrogens with one attached hydrogen (secondary N) is 4. The van der Waals surface area contributed by atoms with Crippen LogP contribution in [0.1, 0.15) is 48.4 Å². The number of benzene rings is 2. The highest BCUT2D eigenvalue weighted by atomic mass is 32.2. The molecule has 3 aliphatic rings. The Hall–Kier alpha value is -2.09. The van der Waals surface area contributed by atoms with Crippen molar-refractivity contribution in [3.63, 3.8) is 0 Å². The Morgan fingerprint density at radius 1 is 0.973 bits per heavy atom. The van der Waals surface area contributed by atoms with Gasteiger partial charge in [0.25, 0.3) is 0 Å². The van der Waals surface area contributed by atoms with Gasteiger partial charge in [0.1, 0.15) is 0 Å². The summed E-state index contributed by atoms with van der Waals surface area (Å²) in [6.07, 6.45) is -3.69. The van der Waals surface area contributed by atoms with Crippen LogP contribution in [0.25, 0.3) is 0 Å². The second-order valence-corrected chi connectivity index (χ2v) is 11.6. The molecule has 7 nitrogen and oxygen atoms in total. The van der Waals surface area contributed by atoms with Crippen molar-refractivity contribution in [1.82, 2.24) is 25.6 Å². The summed E-state index contributed by atoms with van der Waals surface area (Å²) in [4.78, 5) is 2.20. The third kappa shape index (κ3) is 6.15. The molecular formula is C25H31F4N5O2S. The molecule has 2 aliphatic heterocycles. The number of hydrogen-bond donors (Lipinski definition) is 4. The molecule has 3 unspecified atom stereocenters. The van der Waals surface area contributed by atoms with Gasteiger partial charge in [0, 0.05) is 31.8 Å². The van der Waals surface area contributed by atoms with Crippen LogP contribution < -0.4 is 20.7 Å². The Labute approximate surface area is 214 Å². The summed E-state index contributed by atoms with van der Waals surface area (Å²) in [5.41, 5.74) is 0.866. The number of nitrogens with zero attached hydrogens (tertiary/aromatic N) is 1. The number of hydrogen-bond acceptors (Lipinski definition) is 6. The quantitative estimate of drug-likeness (QED) is 0.384. The van der Waals surface area contributed by atoms with Gasteiger partial charge in [0.05, 0.1) is 22.8 Å². The molecule has 4 N–H and O–H groups in total. The number of likely N-dealkylation sites (tertiary alicyclic amines) is 1. The van der Waals surface area contributed by atoms with Crippen molar-refractivity contribution in [1.29, 1.82) is 0 Å². The van der Waals surface area contributed by atoms with E-state index in [2.05, 4.69) is 20.7 Å². The zero-order valence-corrected chi connectivity index (χ0v) is 21.0. The van der Waals surface area contributed by atoms with Gasteiger partial charge < -0.3 is 0 Å². The number of halogens is 4. The highest BCUT2D eigenvalue weighted by Gasteiger charge is 2.41. The molecule has 1 aliphatic carbocycles. The zero-order chi connectivity index (χ0) is 26.2. The maximum Gasteiger partial charge on any atom is 0.416 e. The third-order valence-corrected chi connectivity index (χ3v) is 8.72. The van der Waals surface area contributed by atoms with E-state index in [1.807, 2.05) is 4.90 Å². The number of alkyl halides is 4. The standard InChI is InChI=1S/C25H31F4N5O2S/c26-22-23(30-14-16-3-11-20(12-4-16)37(35,36)33-19-9-10-19)31-15-32-24(22)34-13-1-2-21(34)17-5-7-18(8-6-17)25(27,28)29/h3-8,11-12,19,21-24,30-33H,1-2,9-10,13-15H2/t21-,22?,23?,24?/m1/s1. The molecule has 0 radical (unpaired) electrons. The van der Waals surface area contributed by atoms with Crippen LogP contribution in [0.15, 0.2) is 53.4 Å². The van der Waals surface area contributed by atoms with Gasteiger partial charge >= 0.3 is 6.18 Å². The van der Waals surface area contributed by atoms with Crippen LogP contribution in [0, 0.1) is 0 Å². The van der Waals surface area contributed by atoms with E-state index >= 15 is 4.39 Å². The molecule has 5 rings (SSSR count). The summed E-state index contributed by atoms with van der Waals surface area (Å²) in [5.74, 6) is 0. The van der Waals surface area contributed by atoms with Crippen molar-refractivity contribution in [2.24, 2.45) is 0 Å². The molecule has 202 valence electrons. The average molecular weight is 542 g/mol. The minimum absolute atomic E-state index is 0.0289. The molecule has 2 saturated heterocycles. The molecule has 4 atom stereocenters. The summed E-state index contributed by atoms with van der Waals surface area (Å²) >= 11 is 0. The summed E-state index contributed by atoms with van der Waals surface area (Å²) in [7, 11) is -3.52. The van der Waals surface area contributed by atoms with E-state index in [1.165, 1.54) is 12.1 Å². The normalized spacial score (nSPS) is 27.5. The lowest BCUT2D eigenvalue weighted by molar-refractivity contribution is -0.137. The van der Waals surface area contributed by atoms with Crippen LogP contribution in [-0.4, -0.2) is 51.1 Å². The second-order valence-electron chi connectivity index (χ2n) is 9.89. The van der Waals surface area contributed by atoms with Crippen molar-refractivity contribution < 1.29 is 26.0 Å². The molecule has 3 fully saturated rings. The molecule has 1 saturated carbocycles. The van der Waals surface area contributed by atoms with Gasteiger partial charge in [-0.25, -0.2) is 17.5 Å². The summed E-state index contributed by atoms with van der Waals surface area (Å²) < 4.78 is 81.9. The van der Waals surface area contributed by atoms with Crippen molar-refractivity contribution in [3.05, 3.63) is 65.2 Å². The smallest absolute Gasteiger partial charge is 0.295 e.